The number of halogens is 4. The molecule has 2 unspecified atom stereocenters. The second-order valence-corrected chi connectivity index (χ2v) is 3.92. The number of rotatable bonds is 1. The Morgan fingerprint density at radius 2 is 1.88 bits per heavy atom. The average Bonchev–Trinajstić information content (AvgIpc) is 2.60. The molecule has 1 heterocycles. The van der Waals surface area contributed by atoms with E-state index in [2.05, 4.69) is 5.32 Å². The van der Waals surface area contributed by atoms with Gasteiger partial charge in [0.2, 0.25) is 5.91 Å². The Kier molecular flexibility index (Phi) is 2.81. The molecule has 2 nitrogen and oxygen atoms in total. The summed E-state index contributed by atoms with van der Waals surface area (Å²) in [6, 6.07) is 3.83. The molecule has 0 saturated carbocycles. The van der Waals surface area contributed by atoms with E-state index in [9.17, 15) is 22.4 Å². The van der Waals surface area contributed by atoms with Crippen molar-refractivity contribution in [1.82, 2.24) is 5.32 Å². The Balaban J connectivity index is 2.37. The number of carbonyl (C=O) groups is 1. The minimum absolute atomic E-state index is 0.124. The average molecular weight is 247 g/mol. The number of benzene rings is 1. The molecule has 1 fully saturated rings. The van der Waals surface area contributed by atoms with Crippen LogP contribution in [-0.2, 0) is 4.79 Å². The molecule has 1 aromatic rings. The Morgan fingerprint density at radius 3 is 2.47 bits per heavy atom. The van der Waals surface area contributed by atoms with E-state index in [4.69, 9.17) is 0 Å². The van der Waals surface area contributed by atoms with Crippen LogP contribution in [0, 0.1) is 11.7 Å². The zero-order chi connectivity index (χ0) is 12.6. The molecule has 92 valence electrons. The van der Waals surface area contributed by atoms with Gasteiger partial charge in [-0.05, 0) is 6.07 Å². The second-order valence-electron chi connectivity index (χ2n) is 3.92. The summed E-state index contributed by atoms with van der Waals surface area (Å²) in [5, 5.41) is 2.17. The van der Waals surface area contributed by atoms with Crippen molar-refractivity contribution in [1.29, 1.82) is 0 Å². The summed E-state index contributed by atoms with van der Waals surface area (Å²) in [5.41, 5.74) is -0.124. The quantitative estimate of drug-likeness (QED) is 0.759. The fraction of sp³-hybridized carbons (Fsp3) is 0.364. The molecular weight excluding hydrogens is 238 g/mol. The highest BCUT2D eigenvalue weighted by atomic mass is 19.4. The van der Waals surface area contributed by atoms with Gasteiger partial charge >= 0.3 is 6.18 Å². The summed E-state index contributed by atoms with van der Waals surface area (Å²) < 4.78 is 51.5. The van der Waals surface area contributed by atoms with Gasteiger partial charge in [0.05, 0.1) is 12.0 Å². The first-order valence-electron chi connectivity index (χ1n) is 5.00. The first-order chi connectivity index (χ1) is 7.89. The Bertz CT molecular complexity index is 443. The normalized spacial score (nSPS) is 24.8. The van der Waals surface area contributed by atoms with Crippen LogP contribution in [-0.4, -0.2) is 12.1 Å². The smallest absolute Gasteiger partial charge is 0.349 e. The van der Waals surface area contributed by atoms with E-state index < -0.39 is 36.3 Å². The standard InChI is InChI=1S/C11H9F4NO/c12-8-4-2-1-3-6(8)10-7(11(13,14)15)5-9(17)16-10/h1-4,7,10H,5H2,(H,16,17). The van der Waals surface area contributed by atoms with Crippen molar-refractivity contribution < 1.29 is 22.4 Å². The molecule has 1 aromatic carbocycles. The third-order valence-corrected chi connectivity index (χ3v) is 2.78. The lowest BCUT2D eigenvalue weighted by Crippen LogP contribution is -2.29. The van der Waals surface area contributed by atoms with Crippen molar-refractivity contribution in [2.75, 3.05) is 0 Å². The lowest BCUT2D eigenvalue weighted by molar-refractivity contribution is -0.177. The molecule has 1 aliphatic rings. The first-order valence-corrected chi connectivity index (χ1v) is 5.00. The van der Waals surface area contributed by atoms with Gasteiger partial charge < -0.3 is 5.32 Å². The molecule has 1 amide bonds. The molecule has 1 aliphatic heterocycles. The predicted octanol–water partition coefficient (Wildman–Crippen LogP) is 2.57. The van der Waals surface area contributed by atoms with Crippen LogP contribution in [0.5, 0.6) is 0 Å². The van der Waals surface area contributed by atoms with E-state index in [0.29, 0.717) is 0 Å². The van der Waals surface area contributed by atoms with Crippen molar-refractivity contribution in [3.8, 4) is 0 Å². The molecule has 2 atom stereocenters. The van der Waals surface area contributed by atoms with Crippen LogP contribution in [0.25, 0.3) is 0 Å². The van der Waals surface area contributed by atoms with Crippen LogP contribution in [0.1, 0.15) is 18.0 Å². The van der Waals surface area contributed by atoms with Gasteiger partial charge in [0, 0.05) is 12.0 Å². The van der Waals surface area contributed by atoms with Gasteiger partial charge in [-0.15, -0.1) is 0 Å². The predicted molar refractivity (Wildman–Crippen MR) is 51.4 cm³/mol. The molecule has 6 heteroatoms. The third-order valence-electron chi connectivity index (χ3n) is 2.78. The fourth-order valence-electron chi connectivity index (χ4n) is 1.98. The van der Waals surface area contributed by atoms with Crippen molar-refractivity contribution in [3.05, 3.63) is 35.6 Å². The summed E-state index contributed by atoms with van der Waals surface area (Å²) in [6.45, 7) is 0. The number of alkyl halides is 3. The van der Waals surface area contributed by atoms with E-state index in [1.54, 1.807) is 0 Å². The largest absolute Gasteiger partial charge is 0.394 e. The first kappa shape index (κ1) is 11.9. The highest BCUT2D eigenvalue weighted by molar-refractivity contribution is 5.79. The topological polar surface area (TPSA) is 29.1 Å². The van der Waals surface area contributed by atoms with E-state index in [1.165, 1.54) is 18.2 Å². The molecule has 0 bridgehead atoms. The highest BCUT2D eigenvalue weighted by Gasteiger charge is 2.51. The van der Waals surface area contributed by atoms with Gasteiger partial charge in [-0.25, -0.2) is 4.39 Å². The maximum Gasteiger partial charge on any atom is 0.394 e. The maximum atomic E-state index is 13.4. The summed E-state index contributed by atoms with van der Waals surface area (Å²) in [4.78, 5) is 11.1. The van der Waals surface area contributed by atoms with Crippen molar-refractivity contribution in [2.45, 2.75) is 18.6 Å². The van der Waals surface area contributed by atoms with E-state index >= 15 is 0 Å². The number of amides is 1. The summed E-state index contributed by atoms with van der Waals surface area (Å²) in [5.74, 6) is -3.32. The number of nitrogens with one attached hydrogen (secondary N) is 1. The van der Waals surface area contributed by atoms with E-state index in [-0.39, 0.29) is 5.56 Å². The molecule has 0 aromatic heterocycles. The molecular formula is C11H9F4NO. The molecule has 1 N–H and O–H groups in total. The van der Waals surface area contributed by atoms with Crippen LogP contribution in [0.4, 0.5) is 17.6 Å². The van der Waals surface area contributed by atoms with E-state index in [1.807, 2.05) is 0 Å². The van der Waals surface area contributed by atoms with Crippen LogP contribution in [0.3, 0.4) is 0 Å². The van der Waals surface area contributed by atoms with Gasteiger partial charge in [0.15, 0.2) is 0 Å². The Labute approximate surface area is 94.6 Å². The molecule has 17 heavy (non-hydrogen) atoms. The van der Waals surface area contributed by atoms with Gasteiger partial charge in [-0.2, -0.15) is 13.2 Å². The van der Waals surface area contributed by atoms with Crippen LogP contribution >= 0.6 is 0 Å². The van der Waals surface area contributed by atoms with Crippen molar-refractivity contribution in [2.24, 2.45) is 5.92 Å². The Morgan fingerprint density at radius 1 is 1.24 bits per heavy atom. The van der Waals surface area contributed by atoms with Crippen LogP contribution in [0.2, 0.25) is 0 Å². The lowest BCUT2D eigenvalue weighted by Gasteiger charge is -2.21. The molecule has 1 saturated heterocycles. The molecule has 0 radical (unpaired) electrons. The van der Waals surface area contributed by atoms with Crippen molar-refractivity contribution in [3.63, 3.8) is 0 Å². The lowest BCUT2D eigenvalue weighted by atomic mass is 9.93. The number of hydrogen-bond acceptors (Lipinski definition) is 1. The van der Waals surface area contributed by atoms with Gasteiger partial charge in [-0.1, -0.05) is 18.2 Å². The zero-order valence-electron chi connectivity index (χ0n) is 8.59. The Hall–Kier alpha value is -1.59. The van der Waals surface area contributed by atoms with Crippen molar-refractivity contribution >= 4 is 5.91 Å². The van der Waals surface area contributed by atoms with Gasteiger partial charge in [0.25, 0.3) is 0 Å². The van der Waals surface area contributed by atoms with Gasteiger partial charge in [-0.3, -0.25) is 4.79 Å². The van der Waals surface area contributed by atoms with Crippen LogP contribution < -0.4 is 5.32 Å². The molecule has 0 spiro atoms. The third kappa shape index (κ3) is 2.25. The zero-order valence-corrected chi connectivity index (χ0v) is 8.59. The monoisotopic (exact) mass is 247 g/mol. The summed E-state index contributed by atoms with van der Waals surface area (Å²) >= 11 is 0. The SMILES string of the molecule is O=C1CC(C(F)(F)F)C(c2ccccc2F)N1. The summed E-state index contributed by atoms with van der Waals surface area (Å²) in [7, 11) is 0. The molecule has 2 rings (SSSR count). The highest BCUT2D eigenvalue weighted by Crippen LogP contribution is 2.42. The van der Waals surface area contributed by atoms with Gasteiger partial charge in [0.1, 0.15) is 5.82 Å². The number of hydrogen-bond donors (Lipinski definition) is 1. The maximum absolute atomic E-state index is 13.4. The fourth-order valence-corrected chi connectivity index (χ4v) is 1.98. The summed E-state index contributed by atoms with van der Waals surface area (Å²) in [6.07, 6.45) is -5.17. The van der Waals surface area contributed by atoms with Crippen LogP contribution in [0.15, 0.2) is 24.3 Å². The minimum atomic E-state index is -4.52. The minimum Gasteiger partial charge on any atom is -0.349 e. The second kappa shape index (κ2) is 4.01. The number of carbonyl (C=O) groups excluding carboxylic acids is 1. The molecule has 0 aliphatic carbocycles. The van der Waals surface area contributed by atoms with E-state index in [0.717, 1.165) is 6.07 Å².